The van der Waals surface area contributed by atoms with Crippen molar-refractivity contribution in [1.82, 2.24) is 15.0 Å². The molecule has 0 spiro atoms. The molecule has 1 N–H and O–H groups in total. The van der Waals surface area contributed by atoms with Crippen molar-refractivity contribution in [1.29, 1.82) is 0 Å². The molecule has 9 heteroatoms. The summed E-state index contributed by atoms with van der Waals surface area (Å²) in [6.07, 6.45) is 4.25. The molecule has 6 nitrogen and oxygen atoms in total. The van der Waals surface area contributed by atoms with Gasteiger partial charge in [0.25, 0.3) is 0 Å². The Morgan fingerprint density at radius 1 is 1.23 bits per heavy atom. The standard InChI is InChI=1S/C22H21F2IN4O2/c1-3-22(23,24)19-12-20(29-21(28-19)16-5-4-9-26-13-16)27-10-8-15-11-17(31-14-25)6-7-18(15)30-2/h3-7,9,11-13H,1,8,10,14H2,2H3,(H,27,28,29). The van der Waals surface area contributed by atoms with E-state index in [-0.39, 0.29) is 11.6 Å². The second kappa shape index (κ2) is 10.5. The predicted octanol–water partition coefficient (Wildman–Crippen LogP) is 5.25. The number of hydrogen-bond donors (Lipinski definition) is 1. The summed E-state index contributed by atoms with van der Waals surface area (Å²) in [6.45, 7) is 3.65. The van der Waals surface area contributed by atoms with Crippen molar-refractivity contribution in [2.75, 3.05) is 23.6 Å². The van der Waals surface area contributed by atoms with Gasteiger partial charge in [0.1, 0.15) is 27.6 Å². The van der Waals surface area contributed by atoms with Gasteiger partial charge in [-0.15, -0.1) is 0 Å². The van der Waals surface area contributed by atoms with Crippen LogP contribution in [0.3, 0.4) is 0 Å². The van der Waals surface area contributed by atoms with E-state index in [2.05, 4.69) is 49.4 Å². The Hall–Kier alpha value is -2.82. The average molecular weight is 538 g/mol. The van der Waals surface area contributed by atoms with Crippen LogP contribution in [-0.4, -0.2) is 33.2 Å². The predicted molar refractivity (Wildman–Crippen MR) is 124 cm³/mol. The number of rotatable bonds is 10. The Kier molecular flexibility index (Phi) is 7.72. The Morgan fingerprint density at radius 2 is 2.06 bits per heavy atom. The molecule has 0 saturated carbocycles. The van der Waals surface area contributed by atoms with E-state index in [9.17, 15) is 8.78 Å². The summed E-state index contributed by atoms with van der Waals surface area (Å²) >= 11 is 2.12. The van der Waals surface area contributed by atoms with Gasteiger partial charge in [-0.2, -0.15) is 8.78 Å². The number of halogens is 3. The van der Waals surface area contributed by atoms with Crippen molar-refractivity contribution in [3.05, 3.63) is 72.7 Å². The molecule has 1 aromatic carbocycles. The number of hydrogen-bond acceptors (Lipinski definition) is 6. The minimum absolute atomic E-state index is 0.157. The quantitative estimate of drug-likeness (QED) is 0.216. The molecule has 31 heavy (non-hydrogen) atoms. The molecular weight excluding hydrogens is 517 g/mol. The molecule has 0 aliphatic heterocycles. The molecule has 0 aliphatic carbocycles. The van der Waals surface area contributed by atoms with Gasteiger partial charge in [0.15, 0.2) is 5.82 Å². The zero-order valence-electron chi connectivity index (χ0n) is 16.8. The summed E-state index contributed by atoms with van der Waals surface area (Å²) in [5.41, 5.74) is 1.03. The van der Waals surface area contributed by atoms with Crippen LogP contribution in [0.1, 0.15) is 11.3 Å². The number of pyridine rings is 1. The van der Waals surface area contributed by atoms with Gasteiger partial charge in [0.05, 0.1) is 7.11 Å². The number of allylic oxidation sites excluding steroid dienone is 1. The Bertz CT molecular complexity index is 1040. The van der Waals surface area contributed by atoms with E-state index in [4.69, 9.17) is 9.47 Å². The van der Waals surface area contributed by atoms with Crippen LogP contribution in [0, 0.1) is 0 Å². The topological polar surface area (TPSA) is 69.2 Å². The first-order valence-corrected chi connectivity index (χ1v) is 10.9. The molecule has 0 atom stereocenters. The summed E-state index contributed by atoms with van der Waals surface area (Å²) in [7, 11) is 1.60. The summed E-state index contributed by atoms with van der Waals surface area (Å²) in [6, 6.07) is 10.2. The maximum absolute atomic E-state index is 14.3. The van der Waals surface area contributed by atoms with Crippen LogP contribution in [0.5, 0.6) is 11.5 Å². The molecule has 0 unspecified atom stereocenters. The highest BCUT2D eigenvalue weighted by Crippen LogP contribution is 2.30. The van der Waals surface area contributed by atoms with Crippen LogP contribution in [0.15, 0.2) is 61.4 Å². The molecule has 0 fully saturated rings. The Balaban J connectivity index is 1.84. The van der Waals surface area contributed by atoms with Gasteiger partial charge in [0.2, 0.25) is 0 Å². The molecule has 2 aromatic heterocycles. The first kappa shape index (κ1) is 22.9. The molecule has 3 aromatic rings. The third-order valence-corrected chi connectivity index (χ3v) is 4.73. The number of methoxy groups -OCH3 is 1. The van der Waals surface area contributed by atoms with Crippen molar-refractivity contribution >= 4 is 28.4 Å². The van der Waals surface area contributed by atoms with Gasteiger partial charge in [0, 0.05) is 30.6 Å². The number of aromatic nitrogens is 3. The SMILES string of the molecule is C=CC(F)(F)c1cc(NCCc2cc(OCI)ccc2OC)nc(-c2cccnc2)n1. The lowest BCUT2D eigenvalue weighted by molar-refractivity contribution is 0.0477. The van der Waals surface area contributed by atoms with Crippen LogP contribution in [0.25, 0.3) is 11.4 Å². The normalized spacial score (nSPS) is 11.1. The van der Waals surface area contributed by atoms with E-state index < -0.39 is 11.6 Å². The molecule has 162 valence electrons. The van der Waals surface area contributed by atoms with Crippen molar-refractivity contribution < 1.29 is 18.3 Å². The zero-order chi connectivity index (χ0) is 22.3. The fourth-order valence-electron chi connectivity index (χ4n) is 2.87. The van der Waals surface area contributed by atoms with Crippen LogP contribution < -0.4 is 14.8 Å². The van der Waals surface area contributed by atoms with E-state index in [0.29, 0.717) is 29.2 Å². The fourth-order valence-corrected chi connectivity index (χ4v) is 3.23. The third kappa shape index (κ3) is 5.87. The lowest BCUT2D eigenvalue weighted by atomic mass is 10.1. The number of anilines is 1. The number of nitrogens with zero attached hydrogens (tertiary/aromatic N) is 3. The minimum atomic E-state index is -3.29. The maximum Gasteiger partial charge on any atom is 0.308 e. The van der Waals surface area contributed by atoms with Gasteiger partial charge in [-0.1, -0.05) is 6.58 Å². The largest absolute Gasteiger partial charge is 0.496 e. The van der Waals surface area contributed by atoms with Gasteiger partial charge in [-0.25, -0.2) is 9.97 Å². The van der Waals surface area contributed by atoms with Crippen molar-refractivity contribution in [3.8, 4) is 22.9 Å². The number of alkyl halides is 3. The summed E-state index contributed by atoms with van der Waals surface area (Å²) in [5.74, 6) is -1.39. The number of ether oxygens (including phenoxy) is 2. The molecule has 0 radical (unpaired) electrons. The van der Waals surface area contributed by atoms with Gasteiger partial charge in [-0.3, -0.25) is 4.98 Å². The molecule has 3 rings (SSSR count). The highest BCUT2D eigenvalue weighted by atomic mass is 127. The van der Waals surface area contributed by atoms with Crippen LogP contribution in [-0.2, 0) is 12.3 Å². The average Bonchev–Trinajstić information content (AvgIpc) is 2.80. The van der Waals surface area contributed by atoms with Crippen LogP contribution in [0.4, 0.5) is 14.6 Å². The van der Waals surface area contributed by atoms with E-state index in [1.54, 1.807) is 25.4 Å². The Labute approximate surface area is 192 Å². The summed E-state index contributed by atoms with van der Waals surface area (Å²) in [4.78, 5) is 12.4. The lowest BCUT2D eigenvalue weighted by Crippen LogP contribution is -2.15. The van der Waals surface area contributed by atoms with Gasteiger partial charge >= 0.3 is 5.92 Å². The fraction of sp³-hybridized carbons (Fsp3) is 0.227. The Morgan fingerprint density at radius 3 is 2.74 bits per heavy atom. The number of benzene rings is 1. The highest BCUT2D eigenvalue weighted by molar-refractivity contribution is 14.1. The highest BCUT2D eigenvalue weighted by Gasteiger charge is 2.30. The van der Waals surface area contributed by atoms with Crippen LogP contribution >= 0.6 is 22.6 Å². The first-order valence-electron chi connectivity index (χ1n) is 9.37. The van der Waals surface area contributed by atoms with Crippen molar-refractivity contribution in [2.24, 2.45) is 0 Å². The first-order chi connectivity index (χ1) is 15.0. The molecule has 0 amide bonds. The molecular formula is C22H21F2IN4O2. The zero-order valence-corrected chi connectivity index (χ0v) is 19.0. The second-order valence-corrected chi connectivity index (χ2v) is 7.06. The van der Waals surface area contributed by atoms with Crippen molar-refractivity contribution in [2.45, 2.75) is 12.3 Å². The minimum Gasteiger partial charge on any atom is -0.496 e. The molecule has 2 heterocycles. The molecule has 0 aliphatic rings. The number of nitrogens with one attached hydrogen (secondary N) is 1. The monoisotopic (exact) mass is 538 g/mol. The smallest absolute Gasteiger partial charge is 0.308 e. The van der Waals surface area contributed by atoms with Gasteiger partial charge < -0.3 is 14.8 Å². The van der Waals surface area contributed by atoms with E-state index >= 15 is 0 Å². The third-order valence-electron chi connectivity index (χ3n) is 4.42. The van der Waals surface area contributed by atoms with Gasteiger partial charge in [-0.05, 0) is 71.0 Å². The molecule has 0 saturated heterocycles. The second-order valence-electron chi connectivity index (χ2n) is 6.43. The summed E-state index contributed by atoms with van der Waals surface area (Å²) in [5, 5.41) is 3.11. The lowest BCUT2D eigenvalue weighted by Gasteiger charge is -2.15. The maximum atomic E-state index is 14.3. The summed E-state index contributed by atoms with van der Waals surface area (Å²) < 4.78 is 40.0. The van der Waals surface area contributed by atoms with E-state index in [1.165, 1.54) is 12.3 Å². The van der Waals surface area contributed by atoms with E-state index in [1.807, 2.05) is 18.2 Å². The van der Waals surface area contributed by atoms with Crippen molar-refractivity contribution in [3.63, 3.8) is 0 Å². The van der Waals surface area contributed by atoms with E-state index in [0.717, 1.165) is 17.1 Å². The van der Waals surface area contributed by atoms with Crippen LogP contribution in [0.2, 0.25) is 0 Å². The molecule has 0 bridgehead atoms.